The fourth-order valence-corrected chi connectivity index (χ4v) is 1.56. The van der Waals surface area contributed by atoms with Crippen molar-refractivity contribution >= 4 is 5.91 Å². The molecule has 0 radical (unpaired) electrons. The van der Waals surface area contributed by atoms with E-state index in [4.69, 9.17) is 10.00 Å². The standard InChI is InChI=1S/C12H16N2O2.C3H5NO/c1-3-14-12(2,15)9-16-11-7-5-4-6-10(11)8-13;5-3-1-2-4-3/h4-7,14-15H,3,9H2,1-2H3;1-2H2,(H,4,5). The molecule has 0 aliphatic carbocycles. The molecule has 1 aromatic rings. The van der Waals surface area contributed by atoms with Gasteiger partial charge in [-0.25, -0.2) is 0 Å². The van der Waals surface area contributed by atoms with E-state index in [0.717, 1.165) is 13.0 Å². The number of hydrogen-bond acceptors (Lipinski definition) is 5. The molecule has 1 atom stereocenters. The van der Waals surface area contributed by atoms with Crippen LogP contribution in [-0.4, -0.2) is 36.4 Å². The Labute approximate surface area is 124 Å². The second-order valence-corrected chi connectivity index (χ2v) is 4.80. The van der Waals surface area contributed by atoms with E-state index in [9.17, 15) is 9.90 Å². The van der Waals surface area contributed by atoms with E-state index < -0.39 is 5.72 Å². The van der Waals surface area contributed by atoms with Crippen LogP contribution >= 0.6 is 0 Å². The Hall–Kier alpha value is -2.10. The van der Waals surface area contributed by atoms with Gasteiger partial charge in [-0.05, 0) is 25.6 Å². The van der Waals surface area contributed by atoms with Crippen molar-refractivity contribution in [2.45, 2.75) is 26.0 Å². The molecular weight excluding hydrogens is 270 g/mol. The second-order valence-electron chi connectivity index (χ2n) is 4.80. The fourth-order valence-electron chi connectivity index (χ4n) is 1.56. The average Bonchev–Trinajstić information content (AvgIpc) is 2.44. The van der Waals surface area contributed by atoms with E-state index in [1.165, 1.54) is 0 Å². The molecule has 1 heterocycles. The summed E-state index contributed by atoms with van der Waals surface area (Å²) in [5, 5.41) is 24.1. The zero-order valence-corrected chi connectivity index (χ0v) is 12.3. The molecule has 114 valence electrons. The van der Waals surface area contributed by atoms with Crippen LogP contribution in [0.2, 0.25) is 0 Å². The SMILES string of the molecule is CCNC(C)(O)COc1ccccc1C#N.O=C1CCN1. The lowest BCUT2D eigenvalue weighted by molar-refractivity contribution is -0.125. The molecule has 1 aromatic carbocycles. The first-order valence-corrected chi connectivity index (χ1v) is 6.84. The van der Waals surface area contributed by atoms with Crippen molar-refractivity contribution in [3.63, 3.8) is 0 Å². The first-order valence-electron chi connectivity index (χ1n) is 6.84. The average molecular weight is 291 g/mol. The summed E-state index contributed by atoms with van der Waals surface area (Å²) in [6.45, 7) is 5.16. The number of ether oxygens (including phenoxy) is 1. The zero-order chi connectivity index (χ0) is 15.7. The third-order valence-electron chi connectivity index (χ3n) is 2.75. The number of para-hydroxylation sites is 1. The van der Waals surface area contributed by atoms with Gasteiger partial charge in [0.25, 0.3) is 0 Å². The van der Waals surface area contributed by atoms with Gasteiger partial charge in [-0.3, -0.25) is 10.1 Å². The lowest BCUT2D eigenvalue weighted by Crippen LogP contribution is -2.47. The monoisotopic (exact) mass is 291 g/mol. The van der Waals surface area contributed by atoms with Crippen LogP contribution in [0.15, 0.2) is 24.3 Å². The molecular formula is C15H21N3O3. The highest BCUT2D eigenvalue weighted by molar-refractivity contribution is 5.81. The summed E-state index contributed by atoms with van der Waals surface area (Å²) in [5.74, 6) is 0.674. The van der Waals surface area contributed by atoms with Crippen molar-refractivity contribution in [3.8, 4) is 11.8 Å². The van der Waals surface area contributed by atoms with E-state index in [-0.39, 0.29) is 12.5 Å². The van der Waals surface area contributed by atoms with Crippen molar-refractivity contribution in [3.05, 3.63) is 29.8 Å². The van der Waals surface area contributed by atoms with E-state index in [1.807, 2.05) is 13.0 Å². The summed E-state index contributed by atoms with van der Waals surface area (Å²) in [5.41, 5.74) is -0.619. The third kappa shape index (κ3) is 6.25. The number of carbonyl (C=O) groups excluding carboxylic acids is 1. The van der Waals surface area contributed by atoms with Gasteiger partial charge in [0, 0.05) is 13.0 Å². The molecule has 1 unspecified atom stereocenters. The Morgan fingerprint density at radius 1 is 1.52 bits per heavy atom. The van der Waals surface area contributed by atoms with Crippen LogP contribution in [0, 0.1) is 11.3 Å². The maximum Gasteiger partial charge on any atom is 0.221 e. The number of benzene rings is 1. The van der Waals surface area contributed by atoms with E-state index in [1.54, 1.807) is 31.2 Å². The van der Waals surface area contributed by atoms with Crippen molar-refractivity contribution in [2.24, 2.45) is 0 Å². The van der Waals surface area contributed by atoms with Crippen molar-refractivity contribution in [2.75, 3.05) is 19.7 Å². The molecule has 1 fully saturated rings. The Morgan fingerprint density at radius 3 is 2.62 bits per heavy atom. The number of aliphatic hydroxyl groups is 1. The molecule has 6 nitrogen and oxygen atoms in total. The maximum atomic E-state index is 9.82. The molecule has 2 rings (SSSR count). The molecule has 3 N–H and O–H groups in total. The van der Waals surface area contributed by atoms with Crippen LogP contribution in [-0.2, 0) is 4.79 Å². The largest absolute Gasteiger partial charge is 0.488 e. The number of β-lactam (4-membered cyclic amide) rings is 1. The second kappa shape index (κ2) is 8.25. The van der Waals surface area contributed by atoms with Crippen LogP contribution in [0.5, 0.6) is 5.75 Å². The smallest absolute Gasteiger partial charge is 0.221 e. The number of hydrogen-bond donors (Lipinski definition) is 3. The van der Waals surface area contributed by atoms with Crippen molar-refractivity contribution in [1.82, 2.24) is 10.6 Å². The van der Waals surface area contributed by atoms with Gasteiger partial charge in [-0.1, -0.05) is 19.1 Å². The summed E-state index contributed by atoms with van der Waals surface area (Å²) in [7, 11) is 0. The maximum absolute atomic E-state index is 9.82. The summed E-state index contributed by atoms with van der Waals surface area (Å²) in [6, 6.07) is 8.99. The third-order valence-corrected chi connectivity index (χ3v) is 2.75. The highest BCUT2D eigenvalue weighted by Crippen LogP contribution is 2.17. The lowest BCUT2D eigenvalue weighted by Gasteiger charge is -2.24. The molecule has 1 aliphatic rings. The van der Waals surface area contributed by atoms with Crippen LogP contribution in [0.4, 0.5) is 0 Å². The summed E-state index contributed by atoms with van der Waals surface area (Å²) in [4.78, 5) is 9.79. The van der Waals surface area contributed by atoms with Gasteiger partial charge in [-0.2, -0.15) is 5.26 Å². The summed E-state index contributed by atoms with van der Waals surface area (Å²) in [6.07, 6.45) is 0.736. The Morgan fingerprint density at radius 2 is 2.14 bits per heavy atom. The van der Waals surface area contributed by atoms with Crippen LogP contribution < -0.4 is 15.4 Å². The first kappa shape index (κ1) is 17.0. The number of amides is 1. The van der Waals surface area contributed by atoms with Crippen molar-refractivity contribution in [1.29, 1.82) is 5.26 Å². The Bertz CT molecular complexity index is 503. The van der Waals surface area contributed by atoms with Crippen LogP contribution in [0.3, 0.4) is 0 Å². The lowest BCUT2D eigenvalue weighted by atomic mass is 10.2. The number of nitrogens with zero attached hydrogens (tertiary/aromatic N) is 1. The number of carbonyl (C=O) groups is 1. The molecule has 0 spiro atoms. The van der Waals surface area contributed by atoms with E-state index in [2.05, 4.69) is 10.6 Å². The number of rotatable bonds is 5. The zero-order valence-electron chi connectivity index (χ0n) is 12.3. The van der Waals surface area contributed by atoms with Crippen molar-refractivity contribution < 1.29 is 14.6 Å². The molecule has 1 amide bonds. The topological polar surface area (TPSA) is 94.4 Å². The number of likely N-dealkylation sites (N-methyl/N-ethyl adjacent to an activating group) is 1. The molecule has 0 saturated carbocycles. The predicted octanol–water partition coefficient (Wildman–Crippen LogP) is 0.761. The fraction of sp³-hybridized carbons (Fsp3) is 0.467. The van der Waals surface area contributed by atoms with Crippen LogP contribution in [0.25, 0.3) is 0 Å². The summed E-state index contributed by atoms with van der Waals surface area (Å²) < 4.78 is 5.41. The van der Waals surface area contributed by atoms with Gasteiger partial charge in [0.05, 0.1) is 5.56 Å². The minimum absolute atomic E-state index is 0.0968. The van der Waals surface area contributed by atoms with E-state index >= 15 is 0 Å². The predicted molar refractivity (Wildman–Crippen MR) is 78.6 cm³/mol. The summed E-state index contributed by atoms with van der Waals surface area (Å²) >= 11 is 0. The van der Waals surface area contributed by atoms with Gasteiger partial charge >= 0.3 is 0 Å². The van der Waals surface area contributed by atoms with Gasteiger partial charge in [0.2, 0.25) is 5.91 Å². The Kier molecular flexibility index (Phi) is 6.66. The Balaban J connectivity index is 0.000000369. The highest BCUT2D eigenvalue weighted by atomic mass is 16.5. The number of nitrogens with one attached hydrogen (secondary N) is 2. The normalized spacial score (nSPS) is 15.4. The quantitative estimate of drug-likeness (QED) is 0.550. The molecule has 0 bridgehead atoms. The minimum Gasteiger partial charge on any atom is -0.488 e. The van der Waals surface area contributed by atoms with Gasteiger partial charge < -0.3 is 15.2 Å². The van der Waals surface area contributed by atoms with Gasteiger partial charge in [-0.15, -0.1) is 0 Å². The van der Waals surface area contributed by atoms with Crippen LogP contribution in [0.1, 0.15) is 25.8 Å². The molecule has 0 aromatic heterocycles. The first-order chi connectivity index (χ1) is 9.98. The highest BCUT2D eigenvalue weighted by Gasteiger charge is 2.19. The molecule has 21 heavy (non-hydrogen) atoms. The molecule has 1 saturated heterocycles. The molecule has 1 aliphatic heterocycles. The van der Waals surface area contributed by atoms with Gasteiger partial charge in [0.1, 0.15) is 24.2 Å². The number of nitriles is 1. The molecule has 6 heteroatoms. The van der Waals surface area contributed by atoms with Gasteiger partial charge in [0.15, 0.2) is 0 Å². The van der Waals surface area contributed by atoms with E-state index in [0.29, 0.717) is 17.9 Å². The minimum atomic E-state index is -1.09.